The molecule has 7 nitrogen and oxygen atoms in total. The fraction of sp³-hybridized carbons (Fsp3) is 0.179. The van der Waals surface area contributed by atoms with E-state index in [0.717, 1.165) is 5.69 Å². The Morgan fingerprint density at radius 2 is 1.92 bits per heavy atom. The van der Waals surface area contributed by atoms with Crippen LogP contribution in [0.5, 0.6) is 5.75 Å². The summed E-state index contributed by atoms with van der Waals surface area (Å²) in [7, 11) is 1.57. The highest BCUT2D eigenvalue weighted by atomic mass is 35.5. The minimum Gasteiger partial charge on any atom is -0.495 e. The highest BCUT2D eigenvalue weighted by Crippen LogP contribution is 2.42. The highest BCUT2D eigenvalue weighted by Gasteiger charge is 2.41. The Hall–Kier alpha value is -3.59. The van der Waals surface area contributed by atoms with Crippen molar-refractivity contribution in [1.29, 1.82) is 0 Å². The second-order valence-corrected chi connectivity index (χ2v) is 9.79. The Balaban J connectivity index is 1.41. The van der Waals surface area contributed by atoms with Crippen LogP contribution in [-0.2, 0) is 4.79 Å². The number of thiocarbonyl (C=S) groups is 1. The van der Waals surface area contributed by atoms with Crippen molar-refractivity contribution >= 4 is 52.1 Å². The molecule has 1 amide bonds. The number of halogens is 2. The van der Waals surface area contributed by atoms with E-state index in [0.29, 0.717) is 50.2 Å². The van der Waals surface area contributed by atoms with Crippen molar-refractivity contribution < 1.29 is 13.9 Å². The van der Waals surface area contributed by atoms with E-state index in [1.165, 1.54) is 0 Å². The molecule has 1 fully saturated rings. The maximum absolute atomic E-state index is 12.9. The topological polar surface area (TPSA) is 79.6 Å². The van der Waals surface area contributed by atoms with Gasteiger partial charge in [-0.2, -0.15) is 0 Å². The smallest absolute Gasteiger partial charge is 0.226 e. The lowest BCUT2D eigenvalue weighted by molar-refractivity contribution is -0.116. The van der Waals surface area contributed by atoms with Crippen LogP contribution in [0.2, 0.25) is 10.0 Å². The van der Waals surface area contributed by atoms with Gasteiger partial charge in [0.25, 0.3) is 0 Å². The van der Waals surface area contributed by atoms with E-state index in [1.54, 1.807) is 31.5 Å². The van der Waals surface area contributed by atoms with Gasteiger partial charge in [-0.3, -0.25) is 9.78 Å². The van der Waals surface area contributed by atoms with Gasteiger partial charge in [-0.1, -0.05) is 47.5 Å². The van der Waals surface area contributed by atoms with Gasteiger partial charge in [0.15, 0.2) is 5.11 Å². The highest BCUT2D eigenvalue weighted by molar-refractivity contribution is 7.80. The molecule has 4 aromatic rings. The van der Waals surface area contributed by atoms with Gasteiger partial charge in [0, 0.05) is 24.7 Å². The number of hydrogen-bond donors (Lipinski definition) is 2. The Kier molecular flexibility index (Phi) is 7.83. The molecule has 1 saturated heterocycles. The molecule has 194 valence electrons. The Bertz CT molecular complexity index is 1460. The maximum atomic E-state index is 12.9. The molecular weight excluding hydrogens is 543 g/mol. The van der Waals surface area contributed by atoms with Crippen LogP contribution in [0.1, 0.15) is 30.0 Å². The van der Waals surface area contributed by atoms with Crippen LogP contribution < -0.4 is 15.4 Å². The molecule has 0 aliphatic carbocycles. The average molecular weight is 567 g/mol. The number of carbonyl (C=O) groups excluding carboxylic acids is 1. The molecule has 1 aliphatic rings. The molecule has 3 heterocycles. The van der Waals surface area contributed by atoms with Gasteiger partial charge in [-0.25, -0.2) is 0 Å². The van der Waals surface area contributed by atoms with Crippen LogP contribution in [0.3, 0.4) is 0 Å². The lowest BCUT2D eigenvalue weighted by Crippen LogP contribution is -2.32. The van der Waals surface area contributed by atoms with Crippen molar-refractivity contribution in [2.75, 3.05) is 19.0 Å². The summed E-state index contributed by atoms with van der Waals surface area (Å²) < 4.78 is 11.7. The Morgan fingerprint density at radius 3 is 2.71 bits per heavy atom. The number of hydrogen-bond acceptors (Lipinski definition) is 5. The van der Waals surface area contributed by atoms with Crippen LogP contribution in [0, 0.1) is 0 Å². The van der Waals surface area contributed by atoms with Gasteiger partial charge < -0.3 is 24.7 Å². The zero-order valence-electron chi connectivity index (χ0n) is 20.4. The number of benzene rings is 2. The van der Waals surface area contributed by atoms with Gasteiger partial charge in [-0.15, -0.1) is 0 Å². The standard InChI is InChI=1S/C28H24Cl2N4O3S/c1-36-22-11-3-2-9-19(22)32-24(35)14-16-34-27(26(33-28(34)38)20-10-4-5-15-31-20)23-13-12-21(37-23)17-7-6-8-18(29)25(17)30/h2-13,15,26-27H,14,16H2,1H3,(H,32,35)(H,33,38)/t26-,27+/m0/s1. The number of furan rings is 1. The summed E-state index contributed by atoms with van der Waals surface area (Å²) in [5, 5.41) is 7.65. The zero-order chi connectivity index (χ0) is 26.6. The average Bonchev–Trinajstić information content (AvgIpc) is 3.54. The predicted molar refractivity (Wildman–Crippen MR) is 153 cm³/mol. The second-order valence-electron chi connectivity index (χ2n) is 8.62. The van der Waals surface area contributed by atoms with Gasteiger partial charge in [-0.05, 0) is 60.7 Å². The summed E-state index contributed by atoms with van der Waals surface area (Å²) >= 11 is 18.4. The second kappa shape index (κ2) is 11.4. The third-order valence-electron chi connectivity index (χ3n) is 6.29. The largest absolute Gasteiger partial charge is 0.495 e. The molecule has 0 unspecified atom stereocenters. The maximum Gasteiger partial charge on any atom is 0.226 e. The quantitative estimate of drug-likeness (QED) is 0.231. The van der Waals surface area contributed by atoms with Gasteiger partial charge in [0.05, 0.1) is 34.6 Å². The summed E-state index contributed by atoms with van der Waals surface area (Å²) in [4.78, 5) is 19.4. The number of methoxy groups -OCH3 is 1. The molecule has 0 saturated carbocycles. The fourth-order valence-corrected chi connectivity index (χ4v) is 5.21. The van der Waals surface area contributed by atoms with Gasteiger partial charge in [0.2, 0.25) is 5.91 Å². The minimum atomic E-state index is -0.344. The number of amides is 1. The number of pyridine rings is 1. The number of nitrogens with one attached hydrogen (secondary N) is 2. The molecule has 2 aromatic heterocycles. The number of rotatable bonds is 8. The molecule has 5 rings (SSSR count). The first kappa shape index (κ1) is 26.0. The first-order valence-electron chi connectivity index (χ1n) is 11.9. The van der Waals surface area contributed by atoms with Gasteiger partial charge >= 0.3 is 0 Å². The lowest BCUT2D eigenvalue weighted by atomic mass is 10.0. The molecule has 0 spiro atoms. The van der Waals surface area contributed by atoms with Crippen molar-refractivity contribution in [2.45, 2.75) is 18.5 Å². The lowest BCUT2D eigenvalue weighted by Gasteiger charge is -2.26. The number of anilines is 1. The number of ether oxygens (including phenoxy) is 1. The first-order valence-corrected chi connectivity index (χ1v) is 13.1. The molecule has 2 N–H and O–H groups in total. The summed E-state index contributed by atoms with van der Waals surface area (Å²) in [5.74, 6) is 1.67. The molecule has 10 heteroatoms. The third-order valence-corrected chi connectivity index (χ3v) is 7.47. The van der Waals surface area contributed by atoms with E-state index in [4.69, 9.17) is 44.6 Å². The monoisotopic (exact) mass is 566 g/mol. The number of para-hydroxylation sites is 2. The van der Waals surface area contributed by atoms with Crippen molar-refractivity contribution in [2.24, 2.45) is 0 Å². The molecule has 0 bridgehead atoms. The molecule has 1 aliphatic heterocycles. The van der Waals surface area contributed by atoms with Crippen molar-refractivity contribution in [3.05, 3.63) is 100 Å². The van der Waals surface area contributed by atoms with E-state index < -0.39 is 0 Å². The van der Waals surface area contributed by atoms with E-state index in [9.17, 15) is 4.79 Å². The van der Waals surface area contributed by atoms with Crippen LogP contribution in [0.4, 0.5) is 5.69 Å². The number of aromatic nitrogens is 1. The SMILES string of the molecule is COc1ccccc1NC(=O)CCN1C(=S)N[C@@H](c2ccccn2)[C@H]1c1ccc(-c2cccc(Cl)c2Cl)o1. The van der Waals surface area contributed by atoms with Crippen LogP contribution >= 0.6 is 35.4 Å². The summed E-state index contributed by atoms with van der Waals surface area (Å²) in [6.45, 7) is 0.356. The summed E-state index contributed by atoms with van der Waals surface area (Å²) in [6.07, 6.45) is 1.93. The Labute approximate surface area is 235 Å². The molecule has 2 aromatic carbocycles. The van der Waals surface area contributed by atoms with Crippen LogP contribution in [-0.4, -0.2) is 34.6 Å². The predicted octanol–water partition coefficient (Wildman–Crippen LogP) is 6.66. The molecule has 2 atom stereocenters. The van der Waals surface area contributed by atoms with E-state index >= 15 is 0 Å². The number of carbonyl (C=O) groups is 1. The van der Waals surface area contributed by atoms with Crippen molar-refractivity contribution in [3.8, 4) is 17.1 Å². The van der Waals surface area contributed by atoms with Crippen LogP contribution in [0.25, 0.3) is 11.3 Å². The molecular formula is C28H24Cl2N4O3S. The van der Waals surface area contributed by atoms with Gasteiger partial charge in [0.1, 0.15) is 23.3 Å². The van der Waals surface area contributed by atoms with Crippen LogP contribution in [0.15, 0.2) is 83.4 Å². The molecule has 0 radical (unpaired) electrons. The van der Waals surface area contributed by atoms with E-state index in [-0.39, 0.29) is 24.4 Å². The van der Waals surface area contributed by atoms with E-state index in [2.05, 4.69) is 15.6 Å². The minimum absolute atomic E-state index is 0.164. The summed E-state index contributed by atoms with van der Waals surface area (Å²) in [5.41, 5.74) is 2.11. The fourth-order valence-electron chi connectivity index (χ4n) is 4.49. The third kappa shape index (κ3) is 5.34. The first-order chi connectivity index (χ1) is 18.5. The van der Waals surface area contributed by atoms with E-state index in [1.807, 2.05) is 59.5 Å². The van der Waals surface area contributed by atoms with Crippen molar-refractivity contribution in [1.82, 2.24) is 15.2 Å². The Morgan fingerprint density at radius 1 is 1.11 bits per heavy atom. The normalized spacial score (nSPS) is 16.8. The number of nitrogens with zero attached hydrogens (tertiary/aromatic N) is 2. The summed E-state index contributed by atoms with van der Waals surface area (Å²) in [6, 6.07) is 21.5. The zero-order valence-corrected chi connectivity index (χ0v) is 22.7. The molecule has 38 heavy (non-hydrogen) atoms. The van der Waals surface area contributed by atoms with Crippen molar-refractivity contribution in [3.63, 3.8) is 0 Å².